The molecule has 2 aromatic carbocycles. The number of rotatable bonds is 6. The second-order valence-corrected chi connectivity index (χ2v) is 6.31. The Morgan fingerprint density at radius 3 is 2.29 bits per heavy atom. The molecule has 1 amide bonds. The van der Waals surface area contributed by atoms with Crippen LogP contribution in [-0.2, 0) is 6.42 Å². The minimum absolute atomic E-state index is 0.0748. The Morgan fingerprint density at radius 2 is 1.71 bits per heavy atom. The van der Waals surface area contributed by atoms with Gasteiger partial charge in [0.05, 0.1) is 11.0 Å². The summed E-state index contributed by atoms with van der Waals surface area (Å²) in [7, 11) is 0. The number of carbonyl (C=O) groups is 1. The third kappa shape index (κ3) is 4.41. The Balaban J connectivity index is 2.10. The van der Waals surface area contributed by atoms with E-state index in [0.717, 1.165) is 12.0 Å². The van der Waals surface area contributed by atoms with Crippen molar-refractivity contribution in [1.29, 1.82) is 0 Å². The van der Waals surface area contributed by atoms with E-state index in [0.29, 0.717) is 5.92 Å². The lowest BCUT2D eigenvalue weighted by Gasteiger charge is -2.15. The Bertz CT molecular complexity index is 724. The Morgan fingerprint density at radius 1 is 1.08 bits per heavy atom. The summed E-state index contributed by atoms with van der Waals surface area (Å²) in [5, 5.41) is 13.9. The quantitative estimate of drug-likeness (QED) is 0.636. The Labute approximate surface area is 141 Å². The van der Waals surface area contributed by atoms with Crippen molar-refractivity contribution in [2.24, 2.45) is 5.92 Å². The zero-order valence-corrected chi connectivity index (χ0v) is 14.2. The van der Waals surface area contributed by atoms with E-state index < -0.39 is 10.8 Å². The maximum atomic E-state index is 12.4. The number of nitrogens with zero attached hydrogens (tertiary/aromatic N) is 1. The molecule has 0 saturated carbocycles. The van der Waals surface area contributed by atoms with Gasteiger partial charge in [0.15, 0.2) is 0 Å². The molecule has 24 heavy (non-hydrogen) atoms. The van der Waals surface area contributed by atoms with E-state index in [-0.39, 0.29) is 17.3 Å². The van der Waals surface area contributed by atoms with Crippen LogP contribution in [0.3, 0.4) is 0 Å². The van der Waals surface area contributed by atoms with E-state index in [1.165, 1.54) is 17.7 Å². The van der Waals surface area contributed by atoms with Gasteiger partial charge in [-0.15, -0.1) is 0 Å². The van der Waals surface area contributed by atoms with Gasteiger partial charge in [-0.1, -0.05) is 50.2 Å². The molecule has 0 aliphatic rings. The SMILES string of the molecule is CC(C)Cc1ccc(C(C)NC(=O)c2ccccc2[N+](=O)[O-])cc1. The third-order valence-corrected chi connectivity index (χ3v) is 3.82. The first-order valence-corrected chi connectivity index (χ1v) is 8.01. The van der Waals surface area contributed by atoms with Crippen LogP contribution in [0.4, 0.5) is 5.69 Å². The van der Waals surface area contributed by atoms with Crippen LogP contribution in [0.2, 0.25) is 0 Å². The zero-order valence-electron chi connectivity index (χ0n) is 14.2. The summed E-state index contributed by atoms with van der Waals surface area (Å²) in [5.41, 5.74) is 2.11. The number of carbonyl (C=O) groups excluding carboxylic acids is 1. The molecule has 0 aliphatic heterocycles. The number of hydrogen-bond acceptors (Lipinski definition) is 3. The average molecular weight is 326 g/mol. The predicted molar refractivity (Wildman–Crippen MR) is 94.0 cm³/mol. The number of nitro benzene ring substituents is 1. The number of nitro groups is 1. The summed E-state index contributed by atoms with van der Waals surface area (Å²) in [5.74, 6) is 0.146. The van der Waals surface area contributed by atoms with Crippen LogP contribution in [0.15, 0.2) is 48.5 Å². The van der Waals surface area contributed by atoms with E-state index in [1.54, 1.807) is 12.1 Å². The van der Waals surface area contributed by atoms with Gasteiger partial charge >= 0.3 is 0 Å². The Kier molecular flexibility index (Phi) is 5.68. The van der Waals surface area contributed by atoms with Crippen LogP contribution < -0.4 is 5.32 Å². The van der Waals surface area contributed by atoms with Crippen molar-refractivity contribution in [3.8, 4) is 0 Å². The molecule has 0 spiro atoms. The lowest BCUT2D eigenvalue weighted by molar-refractivity contribution is -0.385. The van der Waals surface area contributed by atoms with Crippen molar-refractivity contribution in [1.82, 2.24) is 5.32 Å². The van der Waals surface area contributed by atoms with E-state index in [9.17, 15) is 14.9 Å². The third-order valence-electron chi connectivity index (χ3n) is 3.82. The van der Waals surface area contributed by atoms with E-state index in [4.69, 9.17) is 0 Å². The molecule has 0 radical (unpaired) electrons. The number of hydrogen-bond donors (Lipinski definition) is 1. The second kappa shape index (κ2) is 7.73. The zero-order chi connectivity index (χ0) is 17.7. The minimum Gasteiger partial charge on any atom is -0.345 e. The lowest BCUT2D eigenvalue weighted by Crippen LogP contribution is -2.27. The van der Waals surface area contributed by atoms with Crippen LogP contribution in [0, 0.1) is 16.0 Å². The highest BCUT2D eigenvalue weighted by Gasteiger charge is 2.20. The van der Waals surface area contributed by atoms with Gasteiger partial charge in [0.25, 0.3) is 11.6 Å². The van der Waals surface area contributed by atoms with Crippen LogP contribution in [-0.4, -0.2) is 10.8 Å². The highest BCUT2D eigenvalue weighted by Crippen LogP contribution is 2.20. The standard InChI is InChI=1S/C19H22N2O3/c1-13(2)12-15-8-10-16(11-9-15)14(3)20-19(22)17-6-4-5-7-18(17)21(23)24/h4-11,13-14H,12H2,1-3H3,(H,20,22). The van der Waals surface area contributed by atoms with Gasteiger partial charge in [-0.25, -0.2) is 0 Å². The molecular weight excluding hydrogens is 304 g/mol. The van der Waals surface area contributed by atoms with Crippen LogP contribution >= 0.6 is 0 Å². The number of amides is 1. The summed E-state index contributed by atoms with van der Waals surface area (Å²) in [4.78, 5) is 22.8. The highest BCUT2D eigenvalue weighted by molar-refractivity contribution is 5.98. The average Bonchev–Trinajstić information content (AvgIpc) is 2.54. The highest BCUT2D eigenvalue weighted by atomic mass is 16.6. The van der Waals surface area contributed by atoms with Crippen molar-refractivity contribution < 1.29 is 9.72 Å². The fourth-order valence-electron chi connectivity index (χ4n) is 2.60. The van der Waals surface area contributed by atoms with Gasteiger partial charge in [-0.05, 0) is 36.5 Å². The molecular formula is C19H22N2O3. The molecule has 1 N–H and O–H groups in total. The summed E-state index contributed by atoms with van der Waals surface area (Å²) in [6.07, 6.45) is 1.01. The molecule has 0 fully saturated rings. The Hall–Kier alpha value is -2.69. The maximum Gasteiger partial charge on any atom is 0.282 e. The number of para-hydroxylation sites is 1. The van der Waals surface area contributed by atoms with Crippen molar-refractivity contribution in [2.45, 2.75) is 33.2 Å². The smallest absolute Gasteiger partial charge is 0.282 e. The normalized spacial score (nSPS) is 12.0. The van der Waals surface area contributed by atoms with Gasteiger partial charge in [0.1, 0.15) is 5.56 Å². The second-order valence-electron chi connectivity index (χ2n) is 6.31. The fraction of sp³-hybridized carbons (Fsp3) is 0.316. The molecule has 5 nitrogen and oxygen atoms in total. The van der Waals surface area contributed by atoms with Crippen molar-refractivity contribution >= 4 is 11.6 Å². The molecule has 0 aliphatic carbocycles. The molecule has 2 aromatic rings. The molecule has 1 atom stereocenters. The van der Waals surface area contributed by atoms with Crippen molar-refractivity contribution in [3.05, 3.63) is 75.3 Å². The first-order chi connectivity index (χ1) is 11.4. The summed E-state index contributed by atoms with van der Waals surface area (Å²) >= 11 is 0. The maximum absolute atomic E-state index is 12.4. The molecule has 2 rings (SSSR count). The van der Waals surface area contributed by atoms with Gasteiger partial charge < -0.3 is 5.32 Å². The monoisotopic (exact) mass is 326 g/mol. The largest absolute Gasteiger partial charge is 0.345 e. The van der Waals surface area contributed by atoms with Gasteiger partial charge in [0, 0.05) is 6.07 Å². The van der Waals surface area contributed by atoms with Crippen molar-refractivity contribution in [3.63, 3.8) is 0 Å². The summed E-state index contributed by atoms with van der Waals surface area (Å²) in [6, 6.07) is 13.8. The topological polar surface area (TPSA) is 72.2 Å². The first-order valence-electron chi connectivity index (χ1n) is 8.01. The van der Waals surface area contributed by atoms with Gasteiger partial charge in [0.2, 0.25) is 0 Å². The molecule has 0 saturated heterocycles. The summed E-state index contributed by atoms with van der Waals surface area (Å²) < 4.78 is 0. The lowest BCUT2D eigenvalue weighted by atomic mass is 10.00. The first kappa shape index (κ1) is 17.7. The van der Waals surface area contributed by atoms with E-state index in [1.807, 2.05) is 19.1 Å². The van der Waals surface area contributed by atoms with E-state index >= 15 is 0 Å². The van der Waals surface area contributed by atoms with Gasteiger partial charge in [-0.2, -0.15) is 0 Å². The molecule has 0 bridgehead atoms. The number of benzene rings is 2. The summed E-state index contributed by atoms with van der Waals surface area (Å²) in [6.45, 7) is 6.21. The molecule has 5 heteroatoms. The van der Waals surface area contributed by atoms with Crippen LogP contribution in [0.5, 0.6) is 0 Å². The molecule has 0 aromatic heterocycles. The minimum atomic E-state index is -0.541. The molecule has 126 valence electrons. The van der Waals surface area contributed by atoms with Crippen LogP contribution in [0.1, 0.15) is 48.3 Å². The van der Waals surface area contributed by atoms with Crippen LogP contribution in [0.25, 0.3) is 0 Å². The number of nitrogens with one attached hydrogen (secondary N) is 1. The molecule has 1 unspecified atom stereocenters. The predicted octanol–water partition coefficient (Wildman–Crippen LogP) is 4.28. The van der Waals surface area contributed by atoms with E-state index in [2.05, 4.69) is 31.3 Å². The molecule has 0 heterocycles. The van der Waals surface area contributed by atoms with Crippen molar-refractivity contribution in [2.75, 3.05) is 0 Å². The van der Waals surface area contributed by atoms with Gasteiger partial charge in [-0.3, -0.25) is 14.9 Å². The fourth-order valence-corrected chi connectivity index (χ4v) is 2.60.